The maximum Gasteiger partial charge on any atom is 0.164 e. The molecule has 1 aromatic carbocycles. The van der Waals surface area contributed by atoms with E-state index in [0.717, 1.165) is 30.8 Å². The number of Topliss-reactive ketones (excluding diaryl/α,β-unsaturated/α-hetero) is 1. The van der Waals surface area contributed by atoms with Crippen molar-refractivity contribution in [2.24, 2.45) is 0 Å². The highest BCUT2D eigenvalue weighted by molar-refractivity contribution is 5.95. The molecule has 0 aliphatic carbocycles. The van der Waals surface area contributed by atoms with Crippen molar-refractivity contribution >= 4 is 5.78 Å². The van der Waals surface area contributed by atoms with Crippen molar-refractivity contribution in [3.8, 4) is 5.75 Å². The van der Waals surface area contributed by atoms with Crippen LogP contribution in [0.2, 0.25) is 0 Å². The van der Waals surface area contributed by atoms with Gasteiger partial charge in [0.1, 0.15) is 5.75 Å². The van der Waals surface area contributed by atoms with E-state index in [1.807, 2.05) is 30.3 Å². The van der Waals surface area contributed by atoms with E-state index in [9.17, 15) is 4.79 Å². The molecule has 1 heterocycles. The molecule has 0 saturated heterocycles. The van der Waals surface area contributed by atoms with Crippen LogP contribution >= 0.6 is 0 Å². The van der Waals surface area contributed by atoms with Crippen LogP contribution in [-0.2, 0) is 6.42 Å². The quantitative estimate of drug-likeness (QED) is 0.465. The van der Waals surface area contributed by atoms with Gasteiger partial charge in [-0.2, -0.15) is 0 Å². The third kappa shape index (κ3) is 6.23. The second-order valence-electron chi connectivity index (χ2n) is 5.72. The van der Waals surface area contributed by atoms with Gasteiger partial charge in [0.05, 0.1) is 6.61 Å². The van der Waals surface area contributed by atoms with Gasteiger partial charge >= 0.3 is 0 Å². The third-order valence-corrected chi connectivity index (χ3v) is 3.81. The molecule has 122 valence electrons. The number of aryl methyl sites for hydroxylation is 1. The summed E-state index contributed by atoms with van der Waals surface area (Å²) >= 11 is 0. The van der Waals surface area contributed by atoms with Crippen molar-refractivity contribution in [1.29, 1.82) is 0 Å². The topological polar surface area (TPSA) is 39.2 Å². The summed E-state index contributed by atoms with van der Waals surface area (Å²) in [4.78, 5) is 16.0. The van der Waals surface area contributed by atoms with Gasteiger partial charge in [-0.3, -0.25) is 9.78 Å². The number of ketones is 1. The van der Waals surface area contributed by atoms with Crippen molar-refractivity contribution in [3.63, 3.8) is 0 Å². The van der Waals surface area contributed by atoms with E-state index in [-0.39, 0.29) is 5.78 Å². The molecule has 23 heavy (non-hydrogen) atoms. The number of hydrogen-bond acceptors (Lipinski definition) is 3. The Balaban J connectivity index is 1.73. The first kappa shape index (κ1) is 17.2. The van der Waals surface area contributed by atoms with E-state index >= 15 is 0 Å². The van der Waals surface area contributed by atoms with Crippen LogP contribution in [0.4, 0.5) is 0 Å². The van der Waals surface area contributed by atoms with Crippen LogP contribution in [0.5, 0.6) is 5.75 Å². The monoisotopic (exact) mass is 311 g/mol. The number of carbonyl (C=O) groups excluding carboxylic acids is 1. The highest BCUT2D eigenvalue weighted by Gasteiger charge is 2.06. The lowest BCUT2D eigenvalue weighted by Gasteiger charge is -2.07. The standard InChI is InChI=1S/C20H25NO2/c1-2-3-4-5-15-23-19-11-8-17(9-12-19)10-13-20(22)18-7-6-14-21-16-18/h6-9,11-12,14,16H,2-5,10,13,15H2,1H3. The minimum absolute atomic E-state index is 0.134. The molecule has 0 radical (unpaired) electrons. The molecular formula is C20H25NO2. The molecule has 0 atom stereocenters. The van der Waals surface area contributed by atoms with Crippen LogP contribution in [0.3, 0.4) is 0 Å². The fourth-order valence-electron chi connectivity index (χ4n) is 2.40. The number of rotatable bonds is 10. The fraction of sp³-hybridized carbons (Fsp3) is 0.400. The zero-order chi connectivity index (χ0) is 16.3. The Kier molecular flexibility index (Phi) is 7.31. The molecule has 1 aromatic heterocycles. The highest BCUT2D eigenvalue weighted by Crippen LogP contribution is 2.15. The van der Waals surface area contributed by atoms with Crippen LogP contribution in [0.25, 0.3) is 0 Å². The number of hydrogen-bond donors (Lipinski definition) is 0. The molecule has 3 nitrogen and oxygen atoms in total. The maximum atomic E-state index is 12.0. The van der Waals surface area contributed by atoms with Crippen LogP contribution < -0.4 is 4.74 Å². The molecule has 0 saturated carbocycles. The molecule has 0 aliphatic rings. The average Bonchev–Trinajstić information content (AvgIpc) is 2.61. The number of carbonyl (C=O) groups is 1. The highest BCUT2D eigenvalue weighted by atomic mass is 16.5. The van der Waals surface area contributed by atoms with Crippen LogP contribution in [0.1, 0.15) is 54.9 Å². The SMILES string of the molecule is CCCCCCOc1ccc(CCC(=O)c2cccnc2)cc1. The van der Waals surface area contributed by atoms with Gasteiger partial charge in [-0.15, -0.1) is 0 Å². The lowest BCUT2D eigenvalue weighted by Crippen LogP contribution is -2.01. The molecule has 0 spiro atoms. The summed E-state index contributed by atoms with van der Waals surface area (Å²) in [6.45, 7) is 2.98. The second-order valence-corrected chi connectivity index (χ2v) is 5.72. The fourth-order valence-corrected chi connectivity index (χ4v) is 2.40. The molecule has 3 heteroatoms. The van der Waals surface area contributed by atoms with Crippen molar-refractivity contribution in [1.82, 2.24) is 4.98 Å². The van der Waals surface area contributed by atoms with Crippen molar-refractivity contribution in [2.45, 2.75) is 45.4 Å². The predicted molar refractivity (Wildman–Crippen MR) is 93.0 cm³/mol. The van der Waals surface area contributed by atoms with E-state index < -0.39 is 0 Å². The Morgan fingerprint density at radius 3 is 2.61 bits per heavy atom. The van der Waals surface area contributed by atoms with Gasteiger partial charge in [0.25, 0.3) is 0 Å². The Bertz CT molecular complexity index is 578. The minimum Gasteiger partial charge on any atom is -0.494 e. The molecular weight excluding hydrogens is 286 g/mol. The molecule has 0 unspecified atom stereocenters. The molecule has 0 aliphatic heterocycles. The average molecular weight is 311 g/mol. The zero-order valence-electron chi connectivity index (χ0n) is 13.8. The molecule has 0 amide bonds. The number of aromatic nitrogens is 1. The minimum atomic E-state index is 0.134. The van der Waals surface area contributed by atoms with E-state index in [4.69, 9.17) is 4.74 Å². The van der Waals surface area contributed by atoms with Crippen molar-refractivity contribution in [3.05, 3.63) is 59.9 Å². The van der Waals surface area contributed by atoms with Gasteiger partial charge in [0.15, 0.2) is 5.78 Å². The molecule has 2 rings (SSSR count). The van der Waals surface area contributed by atoms with Gasteiger partial charge in [-0.1, -0.05) is 38.3 Å². The Labute approximate surface area is 138 Å². The lowest BCUT2D eigenvalue weighted by atomic mass is 10.0. The van der Waals surface area contributed by atoms with Crippen LogP contribution in [0.15, 0.2) is 48.8 Å². The van der Waals surface area contributed by atoms with E-state index in [0.29, 0.717) is 12.0 Å². The summed E-state index contributed by atoms with van der Waals surface area (Å²) in [5.41, 5.74) is 1.83. The van der Waals surface area contributed by atoms with Crippen molar-refractivity contribution in [2.75, 3.05) is 6.61 Å². The lowest BCUT2D eigenvalue weighted by molar-refractivity contribution is 0.0982. The first-order chi connectivity index (χ1) is 11.3. The first-order valence-corrected chi connectivity index (χ1v) is 8.44. The number of pyridine rings is 1. The van der Waals surface area contributed by atoms with Gasteiger partial charge in [0, 0.05) is 24.4 Å². The largest absolute Gasteiger partial charge is 0.494 e. The Hall–Kier alpha value is -2.16. The van der Waals surface area contributed by atoms with E-state index in [1.54, 1.807) is 18.5 Å². The smallest absolute Gasteiger partial charge is 0.164 e. The first-order valence-electron chi connectivity index (χ1n) is 8.44. The molecule has 0 bridgehead atoms. The van der Waals surface area contributed by atoms with Crippen LogP contribution in [-0.4, -0.2) is 17.4 Å². The summed E-state index contributed by atoms with van der Waals surface area (Å²) in [5.74, 6) is 1.04. The number of ether oxygens (including phenoxy) is 1. The zero-order valence-corrected chi connectivity index (χ0v) is 13.8. The summed E-state index contributed by atoms with van der Waals surface area (Å²) in [6.07, 6.45) is 9.39. The third-order valence-electron chi connectivity index (χ3n) is 3.81. The van der Waals surface area contributed by atoms with Gasteiger partial charge in [-0.05, 0) is 42.7 Å². The second kappa shape index (κ2) is 9.78. The Morgan fingerprint density at radius 1 is 1.09 bits per heavy atom. The van der Waals surface area contributed by atoms with Gasteiger partial charge in [-0.25, -0.2) is 0 Å². The van der Waals surface area contributed by atoms with Gasteiger partial charge < -0.3 is 4.74 Å². The number of unbranched alkanes of at least 4 members (excludes halogenated alkanes) is 3. The molecule has 0 fully saturated rings. The summed E-state index contributed by atoms with van der Waals surface area (Å²) in [5, 5.41) is 0. The van der Waals surface area contributed by atoms with E-state index in [2.05, 4.69) is 11.9 Å². The molecule has 0 N–H and O–H groups in total. The summed E-state index contributed by atoms with van der Waals surface area (Å²) < 4.78 is 5.73. The predicted octanol–water partition coefficient (Wildman–Crippen LogP) is 4.86. The Morgan fingerprint density at radius 2 is 1.91 bits per heavy atom. The summed E-state index contributed by atoms with van der Waals surface area (Å²) in [7, 11) is 0. The number of nitrogens with zero attached hydrogens (tertiary/aromatic N) is 1. The van der Waals surface area contributed by atoms with Gasteiger partial charge in [0.2, 0.25) is 0 Å². The number of benzene rings is 1. The summed E-state index contributed by atoms with van der Waals surface area (Å²) in [6, 6.07) is 11.7. The maximum absolute atomic E-state index is 12.0. The normalized spacial score (nSPS) is 10.5. The van der Waals surface area contributed by atoms with E-state index in [1.165, 1.54) is 19.3 Å². The van der Waals surface area contributed by atoms with Crippen molar-refractivity contribution < 1.29 is 9.53 Å². The molecule has 2 aromatic rings. The van der Waals surface area contributed by atoms with Crippen LogP contribution in [0, 0.1) is 0 Å².